The number of hydrogen-bond acceptors (Lipinski definition) is 2. The van der Waals surface area contributed by atoms with E-state index < -0.39 is 0 Å². The van der Waals surface area contributed by atoms with E-state index in [4.69, 9.17) is 5.73 Å². The molecule has 0 radical (unpaired) electrons. The maximum atomic E-state index is 12.8. The molecule has 3 heteroatoms. The molecular formula is C20H24N2O. The van der Waals surface area contributed by atoms with Crippen LogP contribution in [0.5, 0.6) is 0 Å². The summed E-state index contributed by atoms with van der Waals surface area (Å²) in [5.41, 5.74) is 10.1. The van der Waals surface area contributed by atoms with Crippen molar-refractivity contribution in [1.29, 1.82) is 0 Å². The Morgan fingerprint density at radius 1 is 1.17 bits per heavy atom. The van der Waals surface area contributed by atoms with Crippen molar-refractivity contribution in [1.82, 2.24) is 4.90 Å². The van der Waals surface area contributed by atoms with Crippen LogP contribution in [-0.2, 0) is 6.54 Å². The molecule has 1 heterocycles. The highest BCUT2D eigenvalue weighted by Gasteiger charge is 2.34. The molecule has 2 atom stereocenters. The van der Waals surface area contributed by atoms with Crippen molar-refractivity contribution in [3.63, 3.8) is 0 Å². The Morgan fingerprint density at radius 2 is 1.87 bits per heavy atom. The van der Waals surface area contributed by atoms with Crippen LogP contribution in [0.3, 0.4) is 0 Å². The molecule has 0 saturated carbocycles. The number of benzene rings is 2. The minimum atomic E-state index is 0.122. The quantitative estimate of drug-likeness (QED) is 0.943. The highest BCUT2D eigenvalue weighted by molar-refractivity contribution is 5.94. The zero-order valence-corrected chi connectivity index (χ0v) is 13.8. The maximum Gasteiger partial charge on any atom is 0.254 e. The summed E-state index contributed by atoms with van der Waals surface area (Å²) >= 11 is 0. The largest absolute Gasteiger partial charge is 0.335 e. The maximum absolute atomic E-state index is 12.8. The van der Waals surface area contributed by atoms with Crippen molar-refractivity contribution in [2.45, 2.75) is 38.8 Å². The average molecular weight is 308 g/mol. The normalized spacial score (nSPS) is 20.7. The van der Waals surface area contributed by atoms with Crippen LogP contribution >= 0.6 is 0 Å². The monoisotopic (exact) mass is 308 g/mol. The van der Waals surface area contributed by atoms with Crippen molar-refractivity contribution in [2.75, 3.05) is 6.54 Å². The van der Waals surface area contributed by atoms with Gasteiger partial charge in [-0.2, -0.15) is 0 Å². The molecule has 1 saturated heterocycles. The van der Waals surface area contributed by atoms with Gasteiger partial charge in [-0.15, -0.1) is 0 Å². The summed E-state index contributed by atoms with van der Waals surface area (Å²) in [6.07, 6.45) is 1.03. The molecule has 1 amide bonds. The van der Waals surface area contributed by atoms with Gasteiger partial charge in [0, 0.05) is 30.6 Å². The van der Waals surface area contributed by atoms with Gasteiger partial charge >= 0.3 is 0 Å². The van der Waals surface area contributed by atoms with Gasteiger partial charge in [0.25, 0.3) is 5.91 Å². The molecule has 1 fully saturated rings. The fourth-order valence-electron chi connectivity index (χ4n) is 3.53. The second-order valence-electron chi connectivity index (χ2n) is 6.50. The van der Waals surface area contributed by atoms with E-state index in [0.29, 0.717) is 12.5 Å². The number of nitrogens with two attached hydrogens (primary N) is 1. The van der Waals surface area contributed by atoms with E-state index in [1.165, 1.54) is 11.1 Å². The van der Waals surface area contributed by atoms with E-state index in [0.717, 1.165) is 24.1 Å². The van der Waals surface area contributed by atoms with E-state index in [9.17, 15) is 4.79 Å². The number of hydrogen-bond donors (Lipinski definition) is 1. The number of carbonyl (C=O) groups excluding carboxylic acids is 1. The third kappa shape index (κ3) is 3.15. The molecule has 2 aromatic carbocycles. The molecule has 3 rings (SSSR count). The molecule has 2 N–H and O–H groups in total. The Bertz CT molecular complexity index is 693. The molecule has 1 aliphatic heterocycles. The molecule has 120 valence electrons. The predicted octanol–water partition coefficient (Wildman–Crippen LogP) is 3.47. The first-order valence-electron chi connectivity index (χ1n) is 8.25. The molecule has 0 bridgehead atoms. The molecule has 0 aliphatic carbocycles. The zero-order valence-electron chi connectivity index (χ0n) is 13.8. The Labute approximate surface area is 138 Å². The molecule has 1 aliphatic rings. The number of aryl methyl sites for hydroxylation is 1. The highest BCUT2D eigenvalue weighted by Crippen LogP contribution is 2.34. The van der Waals surface area contributed by atoms with E-state index >= 15 is 0 Å². The lowest BCUT2D eigenvalue weighted by atomic mass is 9.93. The lowest BCUT2D eigenvalue weighted by Crippen LogP contribution is -2.33. The summed E-state index contributed by atoms with van der Waals surface area (Å²) in [6.45, 7) is 5.59. The van der Waals surface area contributed by atoms with Gasteiger partial charge in [0.2, 0.25) is 0 Å². The summed E-state index contributed by atoms with van der Waals surface area (Å²) in [4.78, 5) is 14.8. The first-order valence-corrected chi connectivity index (χ1v) is 8.25. The summed E-state index contributed by atoms with van der Waals surface area (Å²) in [5.74, 6) is 0.552. The molecule has 0 aromatic heterocycles. The van der Waals surface area contributed by atoms with Crippen LogP contribution in [0, 0.1) is 6.92 Å². The van der Waals surface area contributed by atoms with Crippen LogP contribution in [0.4, 0.5) is 0 Å². The number of likely N-dealkylation sites (tertiary alicyclic amines) is 1. The summed E-state index contributed by atoms with van der Waals surface area (Å²) in [7, 11) is 0. The topological polar surface area (TPSA) is 46.3 Å². The van der Waals surface area contributed by atoms with Gasteiger partial charge in [0.05, 0.1) is 0 Å². The SMILES string of the molecule is Cc1ccccc1[C@H]1C[C@H](C)N(C(=O)c2ccc(CN)cc2)C1. The van der Waals surface area contributed by atoms with Crippen LogP contribution in [0.15, 0.2) is 48.5 Å². The van der Waals surface area contributed by atoms with E-state index in [2.05, 4.69) is 38.1 Å². The Kier molecular flexibility index (Phi) is 4.49. The number of amides is 1. The Morgan fingerprint density at radius 3 is 2.52 bits per heavy atom. The minimum absolute atomic E-state index is 0.122. The predicted molar refractivity (Wildman–Crippen MR) is 93.4 cm³/mol. The van der Waals surface area contributed by atoms with Crippen LogP contribution in [0.2, 0.25) is 0 Å². The van der Waals surface area contributed by atoms with Gasteiger partial charge < -0.3 is 10.6 Å². The standard InChI is InChI=1S/C20H24N2O/c1-14-5-3-4-6-19(14)18-11-15(2)22(13-18)20(23)17-9-7-16(12-21)8-10-17/h3-10,15,18H,11-13,21H2,1-2H3/t15-,18-/m0/s1. The summed E-state index contributed by atoms with van der Waals surface area (Å²) in [6, 6.07) is 16.4. The van der Waals surface area contributed by atoms with Crippen LogP contribution in [-0.4, -0.2) is 23.4 Å². The van der Waals surface area contributed by atoms with Crippen molar-refractivity contribution >= 4 is 5.91 Å². The van der Waals surface area contributed by atoms with E-state index in [-0.39, 0.29) is 11.9 Å². The molecule has 0 spiro atoms. The Balaban J connectivity index is 1.78. The lowest BCUT2D eigenvalue weighted by molar-refractivity contribution is 0.0746. The van der Waals surface area contributed by atoms with E-state index in [1.807, 2.05) is 29.2 Å². The third-order valence-corrected chi connectivity index (χ3v) is 4.90. The van der Waals surface area contributed by atoms with Crippen molar-refractivity contribution < 1.29 is 4.79 Å². The fourth-order valence-corrected chi connectivity index (χ4v) is 3.53. The fraction of sp³-hybridized carbons (Fsp3) is 0.350. The number of nitrogens with zero attached hydrogens (tertiary/aromatic N) is 1. The van der Waals surface area contributed by atoms with Crippen molar-refractivity contribution in [3.8, 4) is 0 Å². The number of rotatable bonds is 3. The first-order chi connectivity index (χ1) is 11.1. The van der Waals surface area contributed by atoms with Gasteiger partial charge in [0.1, 0.15) is 0 Å². The lowest BCUT2D eigenvalue weighted by Gasteiger charge is -2.22. The van der Waals surface area contributed by atoms with Gasteiger partial charge in [-0.1, -0.05) is 36.4 Å². The van der Waals surface area contributed by atoms with Gasteiger partial charge in [-0.25, -0.2) is 0 Å². The van der Waals surface area contributed by atoms with Crippen molar-refractivity contribution in [3.05, 3.63) is 70.8 Å². The number of carbonyl (C=O) groups is 1. The smallest absolute Gasteiger partial charge is 0.254 e. The van der Waals surface area contributed by atoms with Gasteiger partial charge in [0.15, 0.2) is 0 Å². The molecule has 0 unspecified atom stereocenters. The van der Waals surface area contributed by atoms with Crippen LogP contribution in [0.25, 0.3) is 0 Å². The molecular weight excluding hydrogens is 284 g/mol. The van der Waals surface area contributed by atoms with Crippen LogP contribution < -0.4 is 5.73 Å². The molecule has 23 heavy (non-hydrogen) atoms. The van der Waals surface area contributed by atoms with Gasteiger partial charge in [-0.05, 0) is 49.1 Å². The highest BCUT2D eigenvalue weighted by atomic mass is 16.2. The summed E-state index contributed by atoms with van der Waals surface area (Å²) < 4.78 is 0. The molecule has 3 nitrogen and oxygen atoms in total. The second-order valence-corrected chi connectivity index (χ2v) is 6.50. The average Bonchev–Trinajstić information content (AvgIpc) is 2.96. The molecule has 2 aromatic rings. The minimum Gasteiger partial charge on any atom is -0.335 e. The van der Waals surface area contributed by atoms with Crippen LogP contribution in [0.1, 0.15) is 46.3 Å². The second kappa shape index (κ2) is 6.55. The summed E-state index contributed by atoms with van der Waals surface area (Å²) in [5, 5.41) is 0. The van der Waals surface area contributed by atoms with E-state index in [1.54, 1.807) is 0 Å². The van der Waals surface area contributed by atoms with Crippen molar-refractivity contribution in [2.24, 2.45) is 5.73 Å². The first kappa shape index (κ1) is 15.8. The Hall–Kier alpha value is -2.13. The van der Waals surface area contributed by atoms with Gasteiger partial charge in [-0.3, -0.25) is 4.79 Å². The zero-order chi connectivity index (χ0) is 16.4. The third-order valence-electron chi connectivity index (χ3n) is 4.90.